The number of hydrogen-bond donors (Lipinski definition) is 6. The van der Waals surface area contributed by atoms with Crippen LogP contribution < -0.4 is 11.5 Å². The van der Waals surface area contributed by atoms with Gasteiger partial charge in [0.1, 0.15) is 12.1 Å². The first-order valence-electron chi connectivity index (χ1n) is 4.44. The predicted molar refractivity (Wildman–Crippen MR) is 54.6 cm³/mol. The van der Waals surface area contributed by atoms with Gasteiger partial charge >= 0.3 is 11.9 Å². The summed E-state index contributed by atoms with van der Waals surface area (Å²) in [6.45, 7) is 2.66. The Morgan fingerprint density at radius 1 is 0.875 bits per heavy atom. The molecule has 0 aromatic carbocycles. The van der Waals surface area contributed by atoms with Crippen molar-refractivity contribution < 1.29 is 30.0 Å². The lowest BCUT2D eigenvalue weighted by molar-refractivity contribution is -0.141. The number of aliphatic hydroxyl groups is 2. The Morgan fingerprint density at radius 2 is 1.06 bits per heavy atom. The van der Waals surface area contributed by atoms with E-state index in [1.54, 1.807) is 0 Å². The lowest BCUT2D eigenvalue weighted by Crippen LogP contribution is -2.39. The van der Waals surface area contributed by atoms with Gasteiger partial charge in [-0.15, -0.1) is 0 Å². The molecule has 8 heteroatoms. The van der Waals surface area contributed by atoms with E-state index < -0.39 is 36.2 Å². The summed E-state index contributed by atoms with van der Waals surface area (Å²) in [5.74, 6) is -2.36. The Labute approximate surface area is 92.5 Å². The maximum Gasteiger partial charge on any atom is 0.323 e. The van der Waals surface area contributed by atoms with Gasteiger partial charge in [0.25, 0.3) is 0 Å². The average molecular weight is 238 g/mol. The molecule has 0 saturated carbocycles. The number of rotatable bonds is 4. The van der Waals surface area contributed by atoms with Crippen LogP contribution in [-0.2, 0) is 9.59 Å². The second-order valence-electron chi connectivity index (χ2n) is 3.21. The minimum absolute atomic E-state index is 0.979. The Balaban J connectivity index is 0. The minimum atomic E-state index is -1.18. The van der Waals surface area contributed by atoms with Crippen LogP contribution in [0.15, 0.2) is 0 Å². The summed E-state index contributed by atoms with van der Waals surface area (Å²) in [6.07, 6.45) is -1.96. The lowest BCUT2D eigenvalue weighted by Gasteiger charge is -2.07. The first kappa shape index (κ1) is 17.2. The van der Waals surface area contributed by atoms with E-state index in [4.69, 9.17) is 31.9 Å². The van der Waals surface area contributed by atoms with Crippen LogP contribution in [0.3, 0.4) is 0 Å². The molecule has 0 saturated heterocycles. The Bertz CT molecular complexity index is 207. The summed E-state index contributed by atoms with van der Waals surface area (Å²) < 4.78 is 0. The van der Waals surface area contributed by atoms with Crippen LogP contribution in [0.4, 0.5) is 0 Å². The van der Waals surface area contributed by atoms with Crippen molar-refractivity contribution in [3.63, 3.8) is 0 Å². The molecule has 96 valence electrons. The number of carbonyl (C=O) groups is 2. The molecule has 0 spiro atoms. The van der Waals surface area contributed by atoms with Gasteiger partial charge in [-0.2, -0.15) is 0 Å². The monoisotopic (exact) mass is 238 g/mol. The molecule has 0 aromatic rings. The molecule has 0 unspecified atom stereocenters. The molecule has 0 bridgehead atoms. The van der Waals surface area contributed by atoms with Crippen LogP contribution in [-0.4, -0.2) is 56.7 Å². The molecule has 0 aromatic heterocycles. The van der Waals surface area contributed by atoms with Gasteiger partial charge in [-0.25, -0.2) is 0 Å². The van der Waals surface area contributed by atoms with Crippen molar-refractivity contribution in [1.29, 1.82) is 0 Å². The molecule has 0 radical (unpaired) electrons. The third kappa shape index (κ3) is 8.12. The largest absolute Gasteiger partial charge is 0.480 e. The SMILES string of the molecule is C[C@H](O)[C@@H](N)C(=O)O.C[C@H](O)[C@@H](N)C(=O)O. The number of nitrogens with two attached hydrogens (primary N) is 2. The van der Waals surface area contributed by atoms with E-state index in [2.05, 4.69) is 0 Å². The smallest absolute Gasteiger partial charge is 0.323 e. The van der Waals surface area contributed by atoms with Crippen molar-refractivity contribution in [3.8, 4) is 0 Å². The van der Waals surface area contributed by atoms with E-state index in [1.165, 1.54) is 13.8 Å². The molecule has 4 atom stereocenters. The fraction of sp³-hybridized carbons (Fsp3) is 0.750. The van der Waals surface area contributed by atoms with E-state index >= 15 is 0 Å². The van der Waals surface area contributed by atoms with Crippen LogP contribution >= 0.6 is 0 Å². The molecule has 0 aliphatic heterocycles. The molecule has 0 amide bonds. The summed E-state index contributed by atoms with van der Waals surface area (Å²) in [7, 11) is 0. The third-order valence-corrected chi connectivity index (χ3v) is 1.61. The number of aliphatic carboxylic acids is 2. The van der Waals surface area contributed by atoms with Gasteiger partial charge in [-0.3, -0.25) is 9.59 Å². The minimum Gasteiger partial charge on any atom is -0.480 e. The standard InChI is InChI=1S/2C4H9NO3/c2*1-2(6)3(5)4(7)8/h2*2-3,6H,5H2,1H3,(H,7,8)/t2*2-,3+/m00/s1. The molecule has 0 aliphatic rings. The molecule has 8 nitrogen and oxygen atoms in total. The highest BCUT2D eigenvalue weighted by Gasteiger charge is 2.16. The summed E-state index contributed by atoms with van der Waals surface area (Å²) in [4.78, 5) is 19.7. The van der Waals surface area contributed by atoms with Gasteiger partial charge in [-0.1, -0.05) is 0 Å². The maximum absolute atomic E-state index is 9.86. The van der Waals surface area contributed by atoms with Gasteiger partial charge in [0, 0.05) is 0 Å². The normalized spacial score (nSPS) is 17.4. The quantitative estimate of drug-likeness (QED) is 0.314. The molecular formula is C8H18N2O6. The highest BCUT2D eigenvalue weighted by molar-refractivity contribution is 5.74. The number of aliphatic hydroxyl groups excluding tert-OH is 2. The average Bonchev–Trinajstić information content (AvgIpc) is 2.15. The van der Waals surface area contributed by atoms with Crippen LogP contribution in [0, 0.1) is 0 Å². The topological polar surface area (TPSA) is 167 Å². The van der Waals surface area contributed by atoms with Crippen molar-refractivity contribution in [3.05, 3.63) is 0 Å². The van der Waals surface area contributed by atoms with Crippen LogP contribution in [0.2, 0.25) is 0 Å². The zero-order chi connectivity index (χ0) is 13.5. The summed E-state index contributed by atoms with van der Waals surface area (Å²) in [6, 6.07) is -2.31. The van der Waals surface area contributed by atoms with Crippen molar-refractivity contribution in [1.82, 2.24) is 0 Å². The predicted octanol–water partition coefficient (Wildman–Crippen LogP) is -2.44. The van der Waals surface area contributed by atoms with Crippen LogP contribution in [0.5, 0.6) is 0 Å². The summed E-state index contributed by atoms with van der Waals surface area (Å²) >= 11 is 0. The highest BCUT2D eigenvalue weighted by atomic mass is 16.4. The lowest BCUT2D eigenvalue weighted by atomic mass is 10.2. The molecule has 0 fully saturated rings. The van der Waals surface area contributed by atoms with Crippen molar-refractivity contribution in [2.75, 3.05) is 0 Å². The van der Waals surface area contributed by atoms with Crippen LogP contribution in [0.1, 0.15) is 13.8 Å². The number of hydrogen-bond acceptors (Lipinski definition) is 6. The fourth-order valence-electron chi connectivity index (χ4n) is 0.413. The number of carboxylic acids is 2. The highest BCUT2D eigenvalue weighted by Crippen LogP contribution is 1.86. The molecular weight excluding hydrogens is 220 g/mol. The van der Waals surface area contributed by atoms with E-state index in [0.717, 1.165) is 0 Å². The first-order valence-corrected chi connectivity index (χ1v) is 4.44. The van der Waals surface area contributed by atoms with Crippen molar-refractivity contribution in [2.24, 2.45) is 11.5 Å². The summed E-state index contributed by atoms with van der Waals surface area (Å²) in [5, 5.41) is 33.1. The molecule has 0 rings (SSSR count). The van der Waals surface area contributed by atoms with E-state index in [0.29, 0.717) is 0 Å². The molecule has 0 heterocycles. The van der Waals surface area contributed by atoms with E-state index in [1.807, 2.05) is 0 Å². The Hall–Kier alpha value is -1.22. The molecule has 16 heavy (non-hydrogen) atoms. The Morgan fingerprint density at radius 3 is 1.06 bits per heavy atom. The Kier molecular flexibility index (Phi) is 8.58. The second kappa shape index (κ2) is 7.99. The van der Waals surface area contributed by atoms with Gasteiger partial charge in [-0.05, 0) is 13.8 Å². The van der Waals surface area contributed by atoms with Crippen molar-refractivity contribution >= 4 is 11.9 Å². The zero-order valence-corrected chi connectivity index (χ0v) is 9.07. The van der Waals surface area contributed by atoms with Crippen LogP contribution in [0.25, 0.3) is 0 Å². The first-order chi connectivity index (χ1) is 7.11. The van der Waals surface area contributed by atoms with Gasteiger partial charge < -0.3 is 31.9 Å². The molecule has 0 aliphatic carbocycles. The van der Waals surface area contributed by atoms with Gasteiger partial charge in [0.15, 0.2) is 0 Å². The van der Waals surface area contributed by atoms with Crippen molar-refractivity contribution in [2.45, 2.75) is 38.1 Å². The van der Waals surface area contributed by atoms with E-state index in [9.17, 15) is 9.59 Å². The third-order valence-electron chi connectivity index (χ3n) is 1.61. The van der Waals surface area contributed by atoms with Gasteiger partial charge in [0.2, 0.25) is 0 Å². The second-order valence-corrected chi connectivity index (χ2v) is 3.21. The summed E-state index contributed by atoms with van der Waals surface area (Å²) in [5.41, 5.74) is 9.82. The molecule has 8 N–H and O–H groups in total. The fourth-order valence-corrected chi connectivity index (χ4v) is 0.413. The van der Waals surface area contributed by atoms with Gasteiger partial charge in [0.05, 0.1) is 12.2 Å². The maximum atomic E-state index is 9.86. The zero-order valence-electron chi connectivity index (χ0n) is 9.07. The van der Waals surface area contributed by atoms with E-state index in [-0.39, 0.29) is 0 Å². The number of carboxylic acid groups (broad SMARTS) is 2.